The average molecular weight is 245 g/mol. The number of hydrogen-bond acceptors (Lipinski definition) is 5. The van der Waals surface area contributed by atoms with Crippen molar-refractivity contribution >= 4 is 11.7 Å². The summed E-state index contributed by atoms with van der Waals surface area (Å²) in [6.07, 6.45) is 1.59. The summed E-state index contributed by atoms with van der Waals surface area (Å²) in [5, 5.41) is 14.7. The third-order valence-corrected chi connectivity index (χ3v) is 2.96. The van der Waals surface area contributed by atoms with Gasteiger partial charge in [0.1, 0.15) is 11.9 Å². The van der Waals surface area contributed by atoms with E-state index in [0.29, 0.717) is 24.5 Å². The normalized spacial score (nSPS) is 19.1. The van der Waals surface area contributed by atoms with Gasteiger partial charge < -0.3 is 15.5 Å². The minimum atomic E-state index is -0.287. The molecule has 0 radical (unpaired) electrons. The first-order valence-electron chi connectivity index (χ1n) is 5.81. The van der Waals surface area contributed by atoms with Gasteiger partial charge in [-0.1, -0.05) is 0 Å². The Kier molecular flexibility index (Phi) is 3.75. The number of anilines is 1. The topological polar surface area (TPSA) is 81.0 Å². The van der Waals surface area contributed by atoms with Crippen molar-refractivity contribution in [3.63, 3.8) is 0 Å². The molecule has 1 saturated heterocycles. The Morgan fingerprint density at radius 3 is 3.28 bits per heavy atom. The first kappa shape index (κ1) is 12.3. The van der Waals surface area contributed by atoms with E-state index in [1.807, 2.05) is 4.90 Å². The van der Waals surface area contributed by atoms with Crippen molar-refractivity contribution in [2.75, 3.05) is 31.6 Å². The van der Waals surface area contributed by atoms with Crippen LogP contribution in [0.3, 0.4) is 0 Å². The summed E-state index contributed by atoms with van der Waals surface area (Å²) in [4.78, 5) is 18.0. The number of pyridine rings is 1. The van der Waals surface area contributed by atoms with Crippen LogP contribution >= 0.6 is 0 Å². The smallest absolute Gasteiger partial charge is 0.243 e. The molecule has 0 bridgehead atoms. The second-order valence-electron chi connectivity index (χ2n) is 4.04. The molecule has 1 amide bonds. The number of nitriles is 1. The van der Waals surface area contributed by atoms with Crippen LogP contribution in [0.2, 0.25) is 0 Å². The predicted molar refractivity (Wildman–Crippen MR) is 67.0 cm³/mol. The van der Waals surface area contributed by atoms with Crippen molar-refractivity contribution in [3.05, 3.63) is 23.9 Å². The van der Waals surface area contributed by atoms with Gasteiger partial charge in [0.05, 0.1) is 11.6 Å². The molecule has 0 spiro atoms. The van der Waals surface area contributed by atoms with Gasteiger partial charge in [-0.2, -0.15) is 5.26 Å². The molecule has 1 atom stereocenters. The molecule has 0 saturated carbocycles. The number of hydrogen-bond donors (Lipinski definition) is 2. The molecule has 1 aliphatic rings. The fourth-order valence-electron chi connectivity index (χ4n) is 2.02. The molecule has 2 rings (SSSR count). The van der Waals surface area contributed by atoms with E-state index in [9.17, 15) is 4.79 Å². The Morgan fingerprint density at radius 1 is 1.72 bits per heavy atom. The second kappa shape index (κ2) is 5.47. The van der Waals surface area contributed by atoms with Crippen LogP contribution in [0.1, 0.15) is 5.56 Å². The summed E-state index contributed by atoms with van der Waals surface area (Å²) in [6, 6.07) is 5.16. The Labute approximate surface area is 106 Å². The number of piperazine rings is 1. The van der Waals surface area contributed by atoms with Crippen molar-refractivity contribution in [2.45, 2.75) is 6.04 Å². The standard InChI is InChI=1S/C12H15N5O/c1-14-12(18)10-8-15-4-5-17(10)11-6-9(7-13)2-3-16-11/h2-3,6,10,15H,4-5,8H2,1H3,(H,14,18). The maximum absolute atomic E-state index is 11.8. The number of likely N-dealkylation sites (N-methyl/N-ethyl adjacent to an activating group) is 1. The summed E-state index contributed by atoms with van der Waals surface area (Å²) in [7, 11) is 1.62. The molecule has 1 aromatic rings. The molecule has 1 unspecified atom stereocenters. The first-order valence-corrected chi connectivity index (χ1v) is 5.81. The van der Waals surface area contributed by atoms with Crippen LogP contribution in [-0.4, -0.2) is 43.6 Å². The minimum absolute atomic E-state index is 0.0497. The van der Waals surface area contributed by atoms with Crippen molar-refractivity contribution in [1.29, 1.82) is 5.26 Å². The Hall–Kier alpha value is -2.13. The van der Waals surface area contributed by atoms with Crippen LogP contribution in [0.5, 0.6) is 0 Å². The molecular formula is C12H15N5O. The van der Waals surface area contributed by atoms with Gasteiger partial charge in [-0.25, -0.2) is 4.98 Å². The Balaban J connectivity index is 2.28. The van der Waals surface area contributed by atoms with E-state index in [1.54, 1.807) is 25.4 Å². The first-order chi connectivity index (χ1) is 8.76. The lowest BCUT2D eigenvalue weighted by atomic mass is 10.1. The minimum Gasteiger partial charge on any atom is -0.357 e. The molecule has 2 N–H and O–H groups in total. The third kappa shape index (κ3) is 2.41. The fraction of sp³-hybridized carbons (Fsp3) is 0.417. The lowest BCUT2D eigenvalue weighted by Gasteiger charge is -2.35. The fourth-order valence-corrected chi connectivity index (χ4v) is 2.02. The highest BCUT2D eigenvalue weighted by molar-refractivity contribution is 5.85. The molecule has 18 heavy (non-hydrogen) atoms. The monoisotopic (exact) mass is 245 g/mol. The molecule has 1 fully saturated rings. The molecule has 0 aromatic carbocycles. The van der Waals surface area contributed by atoms with Crippen LogP contribution in [-0.2, 0) is 4.79 Å². The number of aromatic nitrogens is 1. The number of carbonyl (C=O) groups excluding carboxylic acids is 1. The zero-order valence-corrected chi connectivity index (χ0v) is 10.2. The highest BCUT2D eigenvalue weighted by Crippen LogP contribution is 2.16. The van der Waals surface area contributed by atoms with E-state index >= 15 is 0 Å². The van der Waals surface area contributed by atoms with Gasteiger partial charge in [-0.3, -0.25) is 4.79 Å². The van der Waals surface area contributed by atoms with Gasteiger partial charge in [0.15, 0.2) is 0 Å². The highest BCUT2D eigenvalue weighted by Gasteiger charge is 2.28. The molecule has 2 heterocycles. The Morgan fingerprint density at radius 2 is 2.56 bits per heavy atom. The summed E-state index contributed by atoms with van der Waals surface area (Å²) in [5.41, 5.74) is 0.550. The molecule has 1 aromatic heterocycles. The number of nitrogens with one attached hydrogen (secondary N) is 2. The summed E-state index contributed by atoms with van der Waals surface area (Å²) in [5.74, 6) is 0.621. The number of carbonyl (C=O) groups is 1. The molecule has 1 aliphatic heterocycles. The van der Waals surface area contributed by atoms with Crippen LogP contribution in [0.15, 0.2) is 18.3 Å². The van der Waals surface area contributed by atoms with Gasteiger partial charge in [0, 0.05) is 32.9 Å². The SMILES string of the molecule is CNC(=O)C1CNCCN1c1cc(C#N)ccn1. The van der Waals surface area contributed by atoms with Crippen molar-refractivity contribution in [2.24, 2.45) is 0 Å². The molecule has 6 heteroatoms. The van der Waals surface area contributed by atoms with Crippen molar-refractivity contribution in [1.82, 2.24) is 15.6 Å². The Bertz CT molecular complexity index is 482. The lowest BCUT2D eigenvalue weighted by Crippen LogP contribution is -2.57. The summed E-state index contributed by atoms with van der Waals surface area (Å²) < 4.78 is 0. The predicted octanol–water partition coefficient (Wildman–Crippen LogP) is -0.523. The zero-order valence-electron chi connectivity index (χ0n) is 10.2. The van der Waals surface area contributed by atoms with E-state index in [2.05, 4.69) is 21.7 Å². The van der Waals surface area contributed by atoms with Gasteiger partial charge in [-0.05, 0) is 12.1 Å². The van der Waals surface area contributed by atoms with Crippen LogP contribution in [0.25, 0.3) is 0 Å². The summed E-state index contributed by atoms with van der Waals surface area (Å²) in [6.45, 7) is 2.07. The van der Waals surface area contributed by atoms with Crippen molar-refractivity contribution < 1.29 is 4.79 Å². The van der Waals surface area contributed by atoms with Gasteiger partial charge in [0.2, 0.25) is 5.91 Å². The van der Waals surface area contributed by atoms with Crippen LogP contribution in [0, 0.1) is 11.3 Å². The second-order valence-corrected chi connectivity index (χ2v) is 4.04. The van der Waals surface area contributed by atoms with Crippen molar-refractivity contribution in [3.8, 4) is 6.07 Å². The molecular weight excluding hydrogens is 230 g/mol. The third-order valence-electron chi connectivity index (χ3n) is 2.96. The molecule has 6 nitrogen and oxygen atoms in total. The number of nitrogens with zero attached hydrogens (tertiary/aromatic N) is 3. The quantitative estimate of drug-likeness (QED) is 0.732. The summed E-state index contributed by atoms with van der Waals surface area (Å²) >= 11 is 0. The van der Waals surface area contributed by atoms with Gasteiger partial charge >= 0.3 is 0 Å². The van der Waals surface area contributed by atoms with Gasteiger partial charge in [0.25, 0.3) is 0 Å². The average Bonchev–Trinajstić information content (AvgIpc) is 2.46. The number of amides is 1. The molecule has 94 valence electrons. The van der Waals surface area contributed by atoms with E-state index in [4.69, 9.17) is 5.26 Å². The largest absolute Gasteiger partial charge is 0.357 e. The number of rotatable bonds is 2. The van der Waals surface area contributed by atoms with Crippen LogP contribution in [0.4, 0.5) is 5.82 Å². The zero-order chi connectivity index (χ0) is 13.0. The molecule has 0 aliphatic carbocycles. The van der Waals surface area contributed by atoms with E-state index < -0.39 is 0 Å². The van der Waals surface area contributed by atoms with E-state index in [1.165, 1.54) is 0 Å². The highest BCUT2D eigenvalue weighted by atomic mass is 16.2. The van der Waals surface area contributed by atoms with E-state index in [-0.39, 0.29) is 11.9 Å². The van der Waals surface area contributed by atoms with Crippen LogP contribution < -0.4 is 15.5 Å². The maximum atomic E-state index is 11.8. The maximum Gasteiger partial charge on any atom is 0.243 e. The van der Waals surface area contributed by atoms with E-state index in [0.717, 1.165) is 6.54 Å². The van der Waals surface area contributed by atoms with Gasteiger partial charge in [-0.15, -0.1) is 0 Å². The lowest BCUT2D eigenvalue weighted by molar-refractivity contribution is -0.122.